The summed E-state index contributed by atoms with van der Waals surface area (Å²) in [7, 11) is 0. The normalized spacial score (nSPS) is 13.1. The summed E-state index contributed by atoms with van der Waals surface area (Å²) in [6.07, 6.45) is 1.80. The third-order valence-corrected chi connectivity index (χ3v) is 10.1. The molecule has 4 nitrogen and oxygen atoms in total. The minimum Gasteiger partial charge on any atom is -0.456 e. The molecule has 0 atom stereocenters. The molecule has 0 unspecified atom stereocenters. The number of aromatic nitrogens is 3. The van der Waals surface area contributed by atoms with Gasteiger partial charge in [-0.25, -0.2) is 9.97 Å². The molecule has 0 bridgehead atoms. The van der Waals surface area contributed by atoms with Gasteiger partial charge in [-0.05, 0) is 52.1 Å². The summed E-state index contributed by atoms with van der Waals surface area (Å²) >= 11 is 0. The van der Waals surface area contributed by atoms with E-state index in [1.165, 1.54) is 22.3 Å². The molecule has 0 saturated heterocycles. The average Bonchev–Trinajstić information content (AvgIpc) is 3.49. The van der Waals surface area contributed by atoms with Crippen molar-refractivity contribution in [3.63, 3.8) is 0 Å². The molecule has 234 valence electrons. The summed E-state index contributed by atoms with van der Waals surface area (Å²) in [5.41, 5.74) is 13.1. The Bertz CT molecular complexity index is 2480. The van der Waals surface area contributed by atoms with Gasteiger partial charge in [0.1, 0.15) is 11.5 Å². The van der Waals surface area contributed by atoms with Crippen LogP contribution in [0.5, 0.6) is 11.5 Å². The van der Waals surface area contributed by atoms with E-state index in [0.29, 0.717) is 5.82 Å². The van der Waals surface area contributed by atoms with Crippen LogP contribution < -0.4 is 4.74 Å². The first-order valence-corrected chi connectivity index (χ1v) is 16.9. The van der Waals surface area contributed by atoms with E-state index in [1.807, 2.05) is 48.5 Å². The van der Waals surface area contributed by atoms with Gasteiger partial charge in [0.2, 0.25) is 0 Å². The maximum atomic E-state index is 7.01. The maximum Gasteiger partial charge on any atom is 0.161 e. The van der Waals surface area contributed by atoms with Gasteiger partial charge in [0, 0.05) is 34.0 Å². The van der Waals surface area contributed by atoms with Crippen molar-refractivity contribution in [1.29, 1.82) is 0 Å². The molecule has 0 radical (unpaired) electrons. The fraction of sp³-hybridized carbons (Fsp3) is 0.0217. The van der Waals surface area contributed by atoms with Crippen molar-refractivity contribution in [2.45, 2.75) is 5.41 Å². The van der Waals surface area contributed by atoms with Crippen LogP contribution in [0, 0.1) is 0 Å². The Hall–Kier alpha value is -6.65. The Morgan fingerprint density at radius 2 is 0.980 bits per heavy atom. The maximum absolute atomic E-state index is 7.01. The minimum absolute atomic E-state index is 0.543. The zero-order valence-electron chi connectivity index (χ0n) is 27.0. The standard InChI is InChI=1S/C46H29N3O/c1-2-15-30(16-3-1)41-29-42(40-26-12-13-28-47-40)49-45(48-41)35-20-5-4-17-31(35)34-21-14-25-39-44(34)50-43-27-11-10-24-38(43)46(39)36-22-8-6-18-32(36)33-19-7-9-23-37(33)46/h1-29H. The number of benzene rings is 6. The van der Waals surface area contributed by atoms with Crippen LogP contribution in [0.25, 0.3) is 56.3 Å². The predicted octanol–water partition coefficient (Wildman–Crippen LogP) is 11.0. The summed E-state index contributed by atoms with van der Waals surface area (Å²) in [4.78, 5) is 15.0. The van der Waals surface area contributed by atoms with Crippen molar-refractivity contribution in [3.05, 3.63) is 198 Å². The molecule has 0 saturated carbocycles. The van der Waals surface area contributed by atoms with E-state index in [1.54, 1.807) is 6.20 Å². The SMILES string of the molecule is c1ccc(-c2cc(-c3ccccn3)nc(-c3ccccc3-c3cccc4c3Oc3ccccc3C43c4ccccc4-c4ccccc43)n2)cc1. The Labute approximate surface area is 290 Å². The summed E-state index contributed by atoms with van der Waals surface area (Å²) < 4.78 is 7.01. The lowest BCUT2D eigenvalue weighted by molar-refractivity contribution is 0.438. The van der Waals surface area contributed by atoms with E-state index < -0.39 is 5.41 Å². The van der Waals surface area contributed by atoms with Crippen molar-refractivity contribution >= 4 is 0 Å². The summed E-state index contributed by atoms with van der Waals surface area (Å²) in [6, 6.07) is 59.2. The monoisotopic (exact) mass is 639 g/mol. The van der Waals surface area contributed by atoms with Crippen molar-refractivity contribution in [3.8, 4) is 67.8 Å². The van der Waals surface area contributed by atoms with Gasteiger partial charge < -0.3 is 4.74 Å². The Morgan fingerprint density at radius 3 is 1.72 bits per heavy atom. The van der Waals surface area contributed by atoms with Gasteiger partial charge in [0.05, 0.1) is 22.5 Å². The Balaban J connectivity index is 1.23. The number of nitrogens with zero attached hydrogens (tertiary/aromatic N) is 3. The molecule has 10 rings (SSSR count). The molecule has 2 aromatic heterocycles. The predicted molar refractivity (Wildman–Crippen MR) is 199 cm³/mol. The van der Waals surface area contributed by atoms with E-state index in [9.17, 15) is 0 Å². The highest BCUT2D eigenvalue weighted by Gasteiger charge is 2.51. The number of fused-ring (bicyclic) bond motifs is 9. The van der Waals surface area contributed by atoms with Crippen molar-refractivity contribution < 1.29 is 4.74 Å². The van der Waals surface area contributed by atoms with Gasteiger partial charge in [-0.15, -0.1) is 0 Å². The largest absolute Gasteiger partial charge is 0.456 e. The van der Waals surface area contributed by atoms with Crippen LogP contribution in [0.4, 0.5) is 0 Å². The zero-order valence-corrected chi connectivity index (χ0v) is 27.0. The first kappa shape index (κ1) is 28.4. The molecule has 1 aliphatic carbocycles. The van der Waals surface area contributed by atoms with E-state index in [-0.39, 0.29) is 0 Å². The number of hydrogen-bond acceptors (Lipinski definition) is 4. The molecular formula is C46H29N3O. The van der Waals surface area contributed by atoms with Crippen LogP contribution in [0.1, 0.15) is 22.3 Å². The minimum atomic E-state index is -0.543. The summed E-state index contributed by atoms with van der Waals surface area (Å²) in [6.45, 7) is 0. The second-order valence-electron chi connectivity index (χ2n) is 12.7. The highest BCUT2D eigenvalue weighted by atomic mass is 16.5. The van der Waals surface area contributed by atoms with Gasteiger partial charge >= 0.3 is 0 Å². The van der Waals surface area contributed by atoms with Crippen LogP contribution in [0.15, 0.2) is 176 Å². The molecular weight excluding hydrogens is 611 g/mol. The molecule has 8 aromatic rings. The van der Waals surface area contributed by atoms with Gasteiger partial charge in [-0.2, -0.15) is 0 Å². The molecule has 1 spiro atoms. The fourth-order valence-corrected chi connectivity index (χ4v) is 7.97. The first-order chi connectivity index (χ1) is 24.8. The number of para-hydroxylation sites is 2. The topological polar surface area (TPSA) is 47.9 Å². The van der Waals surface area contributed by atoms with Gasteiger partial charge in [0.25, 0.3) is 0 Å². The third-order valence-electron chi connectivity index (χ3n) is 10.1. The molecule has 1 aliphatic heterocycles. The number of hydrogen-bond donors (Lipinski definition) is 0. The average molecular weight is 640 g/mol. The van der Waals surface area contributed by atoms with E-state index in [2.05, 4.69) is 126 Å². The molecule has 6 aromatic carbocycles. The fourth-order valence-electron chi connectivity index (χ4n) is 7.97. The molecule has 4 heteroatoms. The molecule has 0 amide bonds. The molecule has 50 heavy (non-hydrogen) atoms. The van der Waals surface area contributed by atoms with Crippen LogP contribution >= 0.6 is 0 Å². The quantitative estimate of drug-likeness (QED) is 0.192. The van der Waals surface area contributed by atoms with E-state index in [4.69, 9.17) is 14.7 Å². The summed E-state index contributed by atoms with van der Waals surface area (Å²) in [5.74, 6) is 2.33. The highest BCUT2D eigenvalue weighted by molar-refractivity contribution is 5.92. The second kappa shape index (κ2) is 11.2. The van der Waals surface area contributed by atoms with Crippen LogP contribution in [-0.4, -0.2) is 15.0 Å². The second-order valence-corrected chi connectivity index (χ2v) is 12.7. The first-order valence-electron chi connectivity index (χ1n) is 16.9. The van der Waals surface area contributed by atoms with Crippen LogP contribution in [0.2, 0.25) is 0 Å². The van der Waals surface area contributed by atoms with Crippen molar-refractivity contribution in [1.82, 2.24) is 15.0 Å². The van der Waals surface area contributed by atoms with Gasteiger partial charge in [-0.3, -0.25) is 4.98 Å². The number of ether oxygens (including phenoxy) is 1. The Morgan fingerprint density at radius 1 is 0.400 bits per heavy atom. The van der Waals surface area contributed by atoms with Crippen molar-refractivity contribution in [2.75, 3.05) is 0 Å². The highest BCUT2D eigenvalue weighted by Crippen LogP contribution is 2.63. The number of pyridine rings is 1. The smallest absolute Gasteiger partial charge is 0.161 e. The molecule has 0 N–H and O–H groups in total. The third kappa shape index (κ3) is 4.15. The van der Waals surface area contributed by atoms with Crippen molar-refractivity contribution in [2.24, 2.45) is 0 Å². The van der Waals surface area contributed by atoms with E-state index >= 15 is 0 Å². The molecule has 0 fully saturated rings. The molecule has 2 aliphatic rings. The lowest BCUT2D eigenvalue weighted by atomic mass is 9.65. The van der Waals surface area contributed by atoms with Crippen LogP contribution in [0.3, 0.4) is 0 Å². The number of rotatable bonds is 4. The van der Waals surface area contributed by atoms with E-state index in [0.717, 1.165) is 62.0 Å². The molecule has 3 heterocycles. The Kier molecular flexibility index (Phi) is 6.36. The summed E-state index contributed by atoms with van der Waals surface area (Å²) in [5, 5.41) is 0. The lowest BCUT2D eigenvalue weighted by Crippen LogP contribution is -2.32. The van der Waals surface area contributed by atoms with Gasteiger partial charge in [0.15, 0.2) is 5.82 Å². The van der Waals surface area contributed by atoms with Crippen LogP contribution in [-0.2, 0) is 5.41 Å². The lowest BCUT2D eigenvalue weighted by Gasteiger charge is -2.40. The van der Waals surface area contributed by atoms with Gasteiger partial charge in [-0.1, -0.05) is 146 Å². The zero-order chi connectivity index (χ0) is 33.1.